The van der Waals surface area contributed by atoms with Crippen LogP contribution in [0.2, 0.25) is 0 Å². The van der Waals surface area contributed by atoms with Crippen LogP contribution < -0.4 is 19.9 Å². The van der Waals surface area contributed by atoms with Crippen LogP contribution in [0.5, 0.6) is 11.5 Å². The van der Waals surface area contributed by atoms with Gasteiger partial charge in [0, 0.05) is 30.4 Å². The van der Waals surface area contributed by atoms with Crippen LogP contribution in [0.4, 0.5) is 8.78 Å². The Balaban J connectivity index is 1.56. The van der Waals surface area contributed by atoms with E-state index in [-0.39, 0.29) is 49.5 Å². The summed E-state index contributed by atoms with van der Waals surface area (Å²) in [4.78, 5) is 28.5. The zero-order valence-corrected chi connectivity index (χ0v) is 21.4. The predicted molar refractivity (Wildman–Crippen MR) is 145 cm³/mol. The number of aromatic nitrogens is 1. The smallest absolute Gasteiger partial charge is 0.278 e. The molecule has 1 unspecified atom stereocenters. The van der Waals surface area contributed by atoms with E-state index in [0.717, 1.165) is 23.3 Å². The highest BCUT2D eigenvalue weighted by atomic mass is 19.2. The summed E-state index contributed by atoms with van der Waals surface area (Å²) < 4.78 is 42.6. The third-order valence-electron chi connectivity index (χ3n) is 6.93. The van der Waals surface area contributed by atoms with E-state index in [4.69, 9.17) is 9.47 Å². The van der Waals surface area contributed by atoms with E-state index in [1.807, 2.05) is 65.7 Å². The summed E-state index contributed by atoms with van der Waals surface area (Å²) in [6, 6.07) is 21.4. The molecule has 2 aliphatic heterocycles. The molecule has 9 heteroatoms. The number of halogens is 2. The lowest BCUT2D eigenvalue weighted by molar-refractivity contribution is 0.0698. The lowest BCUT2D eigenvalue weighted by Gasteiger charge is -2.44. The zero-order valence-electron chi connectivity index (χ0n) is 21.4. The van der Waals surface area contributed by atoms with E-state index in [9.17, 15) is 18.4 Å². The van der Waals surface area contributed by atoms with E-state index < -0.39 is 23.1 Å². The van der Waals surface area contributed by atoms with Crippen molar-refractivity contribution in [1.82, 2.24) is 9.58 Å². The van der Waals surface area contributed by atoms with Crippen LogP contribution in [-0.2, 0) is 6.61 Å². The first kappa shape index (κ1) is 25.4. The highest BCUT2D eigenvalue weighted by Gasteiger charge is 2.38. The second kappa shape index (κ2) is 10.7. The van der Waals surface area contributed by atoms with Crippen LogP contribution in [0.3, 0.4) is 0 Å². The Labute approximate surface area is 229 Å². The molecule has 4 aromatic rings. The number of hydrogen-bond donors (Lipinski definition) is 0. The number of benzene rings is 3. The number of amides is 1. The molecular weight excluding hydrogens is 516 g/mol. The minimum atomic E-state index is -1.03. The normalized spacial score (nSPS) is 17.2. The van der Waals surface area contributed by atoms with Gasteiger partial charge in [-0.25, -0.2) is 8.78 Å². The van der Waals surface area contributed by atoms with Crippen LogP contribution in [0.15, 0.2) is 102 Å². The second-order valence-corrected chi connectivity index (χ2v) is 9.48. The van der Waals surface area contributed by atoms with Crippen molar-refractivity contribution in [3.05, 3.63) is 141 Å². The molecule has 1 aromatic heterocycles. The number of ether oxygens (including phenoxy) is 2. The number of pyridine rings is 1. The SMILES string of the molecule is O=C1c2c(OCc3ccccc3)c(=O)ccn2N2CN1C/C=C\COc1cc(F)c(F)cc1C2c1ccccc1. The summed E-state index contributed by atoms with van der Waals surface area (Å²) in [5, 5.41) is 1.82. The van der Waals surface area contributed by atoms with Gasteiger partial charge in [-0.2, -0.15) is 0 Å². The summed E-state index contributed by atoms with van der Waals surface area (Å²) >= 11 is 0. The number of rotatable bonds is 4. The van der Waals surface area contributed by atoms with Crippen molar-refractivity contribution in [2.24, 2.45) is 0 Å². The minimum Gasteiger partial charge on any atom is -0.489 e. The summed E-state index contributed by atoms with van der Waals surface area (Å²) in [5.41, 5.74) is 1.56. The van der Waals surface area contributed by atoms with Crippen molar-refractivity contribution >= 4 is 5.91 Å². The Morgan fingerprint density at radius 3 is 2.40 bits per heavy atom. The lowest BCUT2D eigenvalue weighted by atomic mass is 9.96. The van der Waals surface area contributed by atoms with Gasteiger partial charge in [-0.05, 0) is 23.3 Å². The lowest BCUT2D eigenvalue weighted by Crippen LogP contribution is -2.55. The highest BCUT2D eigenvalue weighted by molar-refractivity contribution is 5.96. The van der Waals surface area contributed by atoms with Gasteiger partial charge in [-0.3, -0.25) is 19.3 Å². The number of hydrogen-bond acceptors (Lipinski definition) is 5. The summed E-state index contributed by atoms with van der Waals surface area (Å²) in [5.74, 6) is -2.35. The summed E-state index contributed by atoms with van der Waals surface area (Å²) in [6.07, 6.45) is 4.98. The Kier molecular flexibility index (Phi) is 6.77. The third kappa shape index (κ3) is 4.70. The second-order valence-electron chi connectivity index (χ2n) is 9.48. The molecule has 0 radical (unpaired) electrons. The van der Waals surface area contributed by atoms with Crippen LogP contribution in [0.1, 0.15) is 33.2 Å². The topological polar surface area (TPSA) is 64.0 Å². The molecule has 3 heterocycles. The molecule has 1 atom stereocenters. The molecule has 0 saturated carbocycles. The highest BCUT2D eigenvalue weighted by Crippen LogP contribution is 2.38. The van der Waals surface area contributed by atoms with Gasteiger partial charge in [0.2, 0.25) is 5.43 Å². The Bertz CT molecular complexity index is 1640. The minimum absolute atomic E-state index is 0.0494. The number of carbonyl (C=O) groups is 1. The van der Waals surface area contributed by atoms with Crippen molar-refractivity contribution < 1.29 is 23.0 Å². The molecule has 2 aliphatic rings. The Morgan fingerprint density at radius 2 is 1.62 bits per heavy atom. The fourth-order valence-electron chi connectivity index (χ4n) is 5.03. The van der Waals surface area contributed by atoms with E-state index >= 15 is 0 Å². The average molecular weight is 542 g/mol. The van der Waals surface area contributed by atoms with Gasteiger partial charge in [0.25, 0.3) is 5.91 Å². The van der Waals surface area contributed by atoms with Crippen LogP contribution in [0.25, 0.3) is 0 Å². The van der Waals surface area contributed by atoms with Crippen molar-refractivity contribution in [2.75, 3.05) is 24.8 Å². The molecule has 1 amide bonds. The fourth-order valence-corrected chi connectivity index (χ4v) is 5.03. The summed E-state index contributed by atoms with van der Waals surface area (Å²) in [7, 11) is 0. The first-order valence-electron chi connectivity index (χ1n) is 12.8. The molecule has 7 nitrogen and oxygen atoms in total. The van der Waals surface area contributed by atoms with Gasteiger partial charge in [0.1, 0.15) is 31.7 Å². The van der Waals surface area contributed by atoms with Gasteiger partial charge in [0.15, 0.2) is 23.1 Å². The first-order chi connectivity index (χ1) is 19.5. The van der Waals surface area contributed by atoms with Gasteiger partial charge < -0.3 is 14.4 Å². The van der Waals surface area contributed by atoms with Gasteiger partial charge in [0.05, 0.1) is 0 Å². The molecule has 40 heavy (non-hydrogen) atoms. The molecule has 0 fully saturated rings. The molecule has 0 N–H and O–H groups in total. The maximum atomic E-state index is 14.8. The van der Waals surface area contributed by atoms with E-state index in [2.05, 4.69) is 0 Å². The number of nitrogens with zero attached hydrogens (tertiary/aromatic N) is 3. The zero-order chi connectivity index (χ0) is 27.6. The number of fused-ring (bicyclic) bond motifs is 5. The summed E-state index contributed by atoms with van der Waals surface area (Å²) in [6.45, 7) is 0.497. The molecule has 202 valence electrons. The number of carbonyl (C=O) groups excluding carboxylic acids is 1. The maximum Gasteiger partial charge on any atom is 0.278 e. The predicted octanol–water partition coefficient (Wildman–Crippen LogP) is 4.80. The molecule has 0 spiro atoms. The molecule has 6 rings (SSSR count). The Hall–Kier alpha value is -4.92. The molecule has 3 aromatic carbocycles. The first-order valence-corrected chi connectivity index (χ1v) is 12.8. The maximum absolute atomic E-state index is 14.8. The standard InChI is InChI=1S/C31H25F2N3O4/c32-24-17-23-27(18-25(24)33)39-16-8-7-14-34-20-36(28(23)22-11-5-2-6-12-22)35-15-13-26(37)30(29(35)31(34)38)40-19-21-9-3-1-4-10-21/h1-13,15,17-18,28H,14,16,19-20H2/b8-7-. The van der Waals surface area contributed by atoms with E-state index in [1.54, 1.807) is 21.7 Å². The van der Waals surface area contributed by atoms with Gasteiger partial charge in [-0.15, -0.1) is 0 Å². The molecule has 2 bridgehead atoms. The van der Waals surface area contributed by atoms with Crippen molar-refractivity contribution in [3.8, 4) is 11.5 Å². The molecular formula is C31H25F2N3O4. The van der Waals surface area contributed by atoms with E-state index in [0.29, 0.717) is 5.56 Å². The van der Waals surface area contributed by atoms with Gasteiger partial charge >= 0.3 is 0 Å². The quantitative estimate of drug-likeness (QED) is 0.348. The van der Waals surface area contributed by atoms with Crippen molar-refractivity contribution in [1.29, 1.82) is 0 Å². The van der Waals surface area contributed by atoms with E-state index in [1.165, 1.54) is 12.3 Å². The average Bonchev–Trinajstić information content (AvgIpc) is 3.00. The van der Waals surface area contributed by atoms with Crippen LogP contribution >= 0.6 is 0 Å². The largest absolute Gasteiger partial charge is 0.489 e. The van der Waals surface area contributed by atoms with Gasteiger partial charge in [-0.1, -0.05) is 66.7 Å². The third-order valence-corrected chi connectivity index (χ3v) is 6.93. The molecule has 0 saturated heterocycles. The van der Waals surface area contributed by atoms with Crippen LogP contribution in [0, 0.1) is 11.6 Å². The molecule has 0 aliphatic carbocycles. The monoisotopic (exact) mass is 541 g/mol. The van der Waals surface area contributed by atoms with Crippen LogP contribution in [-0.4, -0.2) is 35.3 Å². The Morgan fingerprint density at radius 1 is 0.900 bits per heavy atom. The van der Waals surface area contributed by atoms with Crippen molar-refractivity contribution in [2.45, 2.75) is 12.6 Å². The fraction of sp³-hybridized carbons (Fsp3) is 0.161. The van der Waals surface area contributed by atoms with Crippen molar-refractivity contribution in [3.63, 3.8) is 0 Å².